The summed E-state index contributed by atoms with van der Waals surface area (Å²) < 4.78 is 0. The zero-order valence-corrected chi connectivity index (χ0v) is 11.3. The van der Waals surface area contributed by atoms with Crippen LogP contribution >= 0.6 is 0 Å². The predicted molar refractivity (Wildman–Crippen MR) is 70.8 cm³/mol. The standard InChI is InChI=1S/C13H27N3O/c1-15(10-6-9-14)13(17)11-16(2)12-7-4-3-5-8-12/h12H,3-11,14H2,1-2H3. The molecule has 1 amide bonds. The Hall–Kier alpha value is -0.610. The SMILES string of the molecule is CN(CCCN)C(=O)CN(C)C1CCCCC1. The van der Waals surface area contributed by atoms with Crippen LogP contribution in [0.2, 0.25) is 0 Å². The van der Waals surface area contributed by atoms with Gasteiger partial charge in [-0.15, -0.1) is 0 Å². The lowest BCUT2D eigenvalue weighted by Gasteiger charge is -2.31. The fourth-order valence-electron chi connectivity index (χ4n) is 2.44. The molecule has 4 nitrogen and oxygen atoms in total. The molecular weight excluding hydrogens is 214 g/mol. The van der Waals surface area contributed by atoms with E-state index in [0.717, 1.165) is 13.0 Å². The molecule has 100 valence electrons. The van der Waals surface area contributed by atoms with Crippen LogP contribution in [0.25, 0.3) is 0 Å². The first kappa shape index (κ1) is 14.5. The first-order valence-corrected chi connectivity index (χ1v) is 6.79. The zero-order chi connectivity index (χ0) is 12.7. The van der Waals surface area contributed by atoms with E-state index in [2.05, 4.69) is 11.9 Å². The highest BCUT2D eigenvalue weighted by Crippen LogP contribution is 2.21. The highest BCUT2D eigenvalue weighted by molar-refractivity contribution is 5.77. The van der Waals surface area contributed by atoms with Crippen molar-refractivity contribution in [2.45, 2.75) is 44.6 Å². The molecule has 17 heavy (non-hydrogen) atoms. The summed E-state index contributed by atoms with van der Waals surface area (Å²) in [7, 11) is 3.94. The molecule has 0 aromatic heterocycles. The number of nitrogens with zero attached hydrogens (tertiary/aromatic N) is 2. The van der Waals surface area contributed by atoms with E-state index in [-0.39, 0.29) is 5.91 Å². The molecule has 0 aliphatic heterocycles. The normalized spacial score (nSPS) is 17.4. The van der Waals surface area contributed by atoms with Crippen molar-refractivity contribution in [3.63, 3.8) is 0 Å². The monoisotopic (exact) mass is 241 g/mol. The van der Waals surface area contributed by atoms with Crippen molar-refractivity contribution >= 4 is 5.91 Å². The van der Waals surface area contributed by atoms with E-state index in [0.29, 0.717) is 19.1 Å². The molecule has 0 aromatic carbocycles. The van der Waals surface area contributed by atoms with Gasteiger partial charge in [0.05, 0.1) is 6.54 Å². The summed E-state index contributed by atoms with van der Waals surface area (Å²) in [5, 5.41) is 0. The Bertz CT molecular complexity index is 227. The second kappa shape index (κ2) is 7.67. The van der Waals surface area contributed by atoms with E-state index >= 15 is 0 Å². The maximum Gasteiger partial charge on any atom is 0.236 e. The minimum Gasteiger partial charge on any atom is -0.345 e. The van der Waals surface area contributed by atoms with Crippen LogP contribution in [0, 0.1) is 0 Å². The van der Waals surface area contributed by atoms with Crippen molar-refractivity contribution in [2.75, 3.05) is 33.7 Å². The van der Waals surface area contributed by atoms with Crippen LogP contribution in [0.4, 0.5) is 0 Å². The van der Waals surface area contributed by atoms with Crippen molar-refractivity contribution in [3.05, 3.63) is 0 Å². The molecule has 1 aliphatic carbocycles. The third kappa shape index (κ3) is 5.04. The fraction of sp³-hybridized carbons (Fsp3) is 0.923. The second-order valence-corrected chi connectivity index (χ2v) is 5.16. The molecule has 0 bridgehead atoms. The lowest BCUT2D eigenvalue weighted by molar-refractivity contribution is -0.131. The minimum absolute atomic E-state index is 0.214. The molecule has 0 atom stereocenters. The van der Waals surface area contributed by atoms with E-state index in [1.165, 1.54) is 32.1 Å². The van der Waals surface area contributed by atoms with Gasteiger partial charge in [0, 0.05) is 19.6 Å². The van der Waals surface area contributed by atoms with E-state index in [1.54, 1.807) is 4.90 Å². The number of likely N-dealkylation sites (N-methyl/N-ethyl adjacent to an activating group) is 2. The van der Waals surface area contributed by atoms with Crippen molar-refractivity contribution in [3.8, 4) is 0 Å². The largest absolute Gasteiger partial charge is 0.345 e. The summed E-state index contributed by atoms with van der Waals surface area (Å²) in [6, 6.07) is 0.607. The van der Waals surface area contributed by atoms with Gasteiger partial charge in [-0.3, -0.25) is 9.69 Å². The van der Waals surface area contributed by atoms with Crippen molar-refractivity contribution in [1.29, 1.82) is 0 Å². The third-order valence-corrected chi connectivity index (χ3v) is 3.71. The van der Waals surface area contributed by atoms with Crippen LogP contribution in [-0.2, 0) is 4.79 Å². The summed E-state index contributed by atoms with van der Waals surface area (Å²) in [6.07, 6.45) is 7.36. The molecule has 2 N–H and O–H groups in total. The Morgan fingerprint density at radius 3 is 2.47 bits per heavy atom. The van der Waals surface area contributed by atoms with Gasteiger partial charge in [-0.1, -0.05) is 19.3 Å². The molecule has 1 rings (SSSR count). The summed E-state index contributed by atoms with van der Waals surface area (Å²) in [5.41, 5.74) is 5.45. The summed E-state index contributed by atoms with van der Waals surface area (Å²) >= 11 is 0. The average Bonchev–Trinajstić information content (AvgIpc) is 2.36. The third-order valence-electron chi connectivity index (χ3n) is 3.71. The summed E-state index contributed by atoms with van der Waals surface area (Å²) in [5.74, 6) is 0.214. The molecule has 1 fully saturated rings. The van der Waals surface area contributed by atoms with Gasteiger partial charge in [0.1, 0.15) is 0 Å². The van der Waals surface area contributed by atoms with Gasteiger partial charge in [-0.25, -0.2) is 0 Å². The number of rotatable bonds is 6. The van der Waals surface area contributed by atoms with Crippen LogP contribution in [0.3, 0.4) is 0 Å². The van der Waals surface area contributed by atoms with E-state index in [1.807, 2.05) is 7.05 Å². The fourth-order valence-corrected chi connectivity index (χ4v) is 2.44. The number of nitrogens with two attached hydrogens (primary N) is 1. The van der Waals surface area contributed by atoms with Crippen LogP contribution in [-0.4, -0.2) is 55.5 Å². The number of hydrogen-bond donors (Lipinski definition) is 1. The minimum atomic E-state index is 0.214. The maximum absolute atomic E-state index is 11.9. The number of carbonyl (C=O) groups excluding carboxylic acids is 1. The molecule has 1 aliphatic rings. The van der Waals surface area contributed by atoms with E-state index in [4.69, 9.17) is 5.73 Å². The number of hydrogen-bond acceptors (Lipinski definition) is 3. The van der Waals surface area contributed by atoms with Gasteiger partial charge in [0.2, 0.25) is 5.91 Å². The lowest BCUT2D eigenvalue weighted by atomic mass is 9.94. The van der Waals surface area contributed by atoms with Gasteiger partial charge < -0.3 is 10.6 Å². The number of amides is 1. The Morgan fingerprint density at radius 2 is 1.88 bits per heavy atom. The molecule has 0 saturated heterocycles. The van der Waals surface area contributed by atoms with Gasteiger partial charge in [-0.2, -0.15) is 0 Å². The van der Waals surface area contributed by atoms with Crippen LogP contribution < -0.4 is 5.73 Å². The highest BCUT2D eigenvalue weighted by atomic mass is 16.2. The Balaban J connectivity index is 2.28. The molecule has 0 radical (unpaired) electrons. The summed E-state index contributed by atoms with van der Waals surface area (Å²) in [4.78, 5) is 16.0. The number of carbonyl (C=O) groups is 1. The van der Waals surface area contributed by atoms with Crippen LogP contribution in [0.5, 0.6) is 0 Å². The predicted octanol–water partition coefficient (Wildman–Crippen LogP) is 1.06. The topological polar surface area (TPSA) is 49.6 Å². The molecule has 0 unspecified atom stereocenters. The molecule has 0 aromatic rings. The maximum atomic E-state index is 11.9. The average molecular weight is 241 g/mol. The van der Waals surface area contributed by atoms with Crippen molar-refractivity contribution in [2.24, 2.45) is 5.73 Å². The van der Waals surface area contributed by atoms with Crippen LogP contribution in [0.1, 0.15) is 38.5 Å². The quantitative estimate of drug-likeness (QED) is 0.756. The Morgan fingerprint density at radius 1 is 1.24 bits per heavy atom. The van der Waals surface area contributed by atoms with E-state index in [9.17, 15) is 4.79 Å². The zero-order valence-electron chi connectivity index (χ0n) is 11.3. The first-order valence-electron chi connectivity index (χ1n) is 6.79. The molecule has 1 saturated carbocycles. The smallest absolute Gasteiger partial charge is 0.236 e. The molecule has 0 heterocycles. The Labute approximate surface area is 105 Å². The van der Waals surface area contributed by atoms with Gasteiger partial charge >= 0.3 is 0 Å². The summed E-state index contributed by atoms with van der Waals surface area (Å²) in [6.45, 7) is 1.97. The van der Waals surface area contributed by atoms with E-state index < -0.39 is 0 Å². The Kier molecular flexibility index (Phi) is 6.52. The lowest BCUT2D eigenvalue weighted by Crippen LogP contribution is -2.42. The van der Waals surface area contributed by atoms with Gasteiger partial charge in [-0.05, 0) is 32.9 Å². The highest BCUT2D eigenvalue weighted by Gasteiger charge is 2.20. The first-order chi connectivity index (χ1) is 8.15. The van der Waals surface area contributed by atoms with Crippen LogP contribution in [0.15, 0.2) is 0 Å². The van der Waals surface area contributed by atoms with Crippen molar-refractivity contribution < 1.29 is 4.79 Å². The van der Waals surface area contributed by atoms with Crippen molar-refractivity contribution in [1.82, 2.24) is 9.80 Å². The molecule has 4 heteroatoms. The van der Waals surface area contributed by atoms with Gasteiger partial charge in [0.25, 0.3) is 0 Å². The molecular formula is C13H27N3O. The molecule has 0 spiro atoms. The second-order valence-electron chi connectivity index (χ2n) is 5.16. The van der Waals surface area contributed by atoms with Gasteiger partial charge in [0.15, 0.2) is 0 Å².